The van der Waals surface area contributed by atoms with Crippen LogP contribution in [0.25, 0.3) is 5.76 Å². The summed E-state index contributed by atoms with van der Waals surface area (Å²) in [4.78, 5) is 28.3. The predicted octanol–water partition coefficient (Wildman–Crippen LogP) is 6.44. The SMILES string of the molecule is CCCOc1cccc(/C(O)=C2\C(=O)C(=O)N(CCc3ccccc3)C2c2ccc(C(C)(C)C)cc2)c1. The van der Waals surface area contributed by atoms with Crippen LogP contribution in [-0.2, 0) is 21.4 Å². The Hall–Kier alpha value is -3.86. The number of aliphatic hydroxyl groups is 1. The highest BCUT2D eigenvalue weighted by molar-refractivity contribution is 6.46. The molecule has 0 saturated carbocycles. The standard InChI is InChI=1S/C32H35NO4/c1-5-20-37-26-13-9-12-24(21-26)29(34)27-28(23-14-16-25(17-15-23)32(2,3)4)33(31(36)30(27)35)19-18-22-10-7-6-8-11-22/h6-17,21,28,34H,5,18-20H2,1-4H3/b29-27+. The maximum atomic E-state index is 13.4. The largest absolute Gasteiger partial charge is 0.507 e. The van der Waals surface area contributed by atoms with Gasteiger partial charge in [0.1, 0.15) is 11.5 Å². The molecule has 0 spiro atoms. The lowest BCUT2D eigenvalue weighted by Crippen LogP contribution is -2.31. The van der Waals surface area contributed by atoms with Crippen molar-refractivity contribution in [1.82, 2.24) is 4.90 Å². The average molecular weight is 498 g/mol. The maximum Gasteiger partial charge on any atom is 0.295 e. The summed E-state index contributed by atoms with van der Waals surface area (Å²) in [5, 5.41) is 11.4. The number of Topliss-reactive ketones (excluding diaryl/α,β-unsaturated/α-hetero) is 1. The van der Waals surface area contributed by atoms with E-state index in [4.69, 9.17) is 4.74 Å². The first-order chi connectivity index (χ1) is 17.7. The zero-order chi connectivity index (χ0) is 26.6. The van der Waals surface area contributed by atoms with Gasteiger partial charge < -0.3 is 14.7 Å². The van der Waals surface area contributed by atoms with Gasteiger partial charge >= 0.3 is 0 Å². The van der Waals surface area contributed by atoms with Crippen molar-refractivity contribution < 1.29 is 19.4 Å². The van der Waals surface area contributed by atoms with Gasteiger partial charge in [0.25, 0.3) is 11.7 Å². The average Bonchev–Trinajstić information content (AvgIpc) is 3.15. The number of carbonyl (C=O) groups is 2. The Morgan fingerprint density at radius 1 is 0.946 bits per heavy atom. The second-order valence-electron chi connectivity index (χ2n) is 10.5. The number of hydrogen-bond acceptors (Lipinski definition) is 4. The summed E-state index contributed by atoms with van der Waals surface area (Å²) in [5.41, 5.74) is 3.54. The number of hydrogen-bond donors (Lipinski definition) is 1. The van der Waals surface area contributed by atoms with E-state index in [2.05, 4.69) is 20.8 Å². The number of ketones is 1. The lowest BCUT2D eigenvalue weighted by atomic mass is 9.85. The molecule has 0 radical (unpaired) electrons. The molecule has 1 saturated heterocycles. The van der Waals surface area contributed by atoms with Gasteiger partial charge in [0.15, 0.2) is 0 Å². The number of amides is 1. The molecule has 192 valence electrons. The van der Waals surface area contributed by atoms with Gasteiger partial charge in [-0.1, -0.05) is 94.4 Å². The molecular weight excluding hydrogens is 462 g/mol. The lowest BCUT2D eigenvalue weighted by Gasteiger charge is -2.26. The molecule has 3 aromatic rings. The number of likely N-dealkylation sites (tertiary alicyclic amines) is 1. The second-order valence-corrected chi connectivity index (χ2v) is 10.5. The zero-order valence-corrected chi connectivity index (χ0v) is 22.0. The lowest BCUT2D eigenvalue weighted by molar-refractivity contribution is -0.139. The van der Waals surface area contributed by atoms with Crippen molar-refractivity contribution in [1.29, 1.82) is 0 Å². The van der Waals surface area contributed by atoms with Gasteiger partial charge in [0.05, 0.1) is 18.2 Å². The Labute approximate surface area is 219 Å². The highest BCUT2D eigenvalue weighted by Crippen LogP contribution is 2.40. The van der Waals surface area contributed by atoms with E-state index in [-0.39, 0.29) is 16.7 Å². The van der Waals surface area contributed by atoms with Crippen molar-refractivity contribution in [3.8, 4) is 5.75 Å². The molecule has 1 atom stereocenters. The number of rotatable bonds is 8. The van der Waals surface area contributed by atoms with Crippen LogP contribution in [0.3, 0.4) is 0 Å². The monoisotopic (exact) mass is 497 g/mol. The van der Waals surface area contributed by atoms with E-state index in [0.29, 0.717) is 30.9 Å². The van der Waals surface area contributed by atoms with Gasteiger partial charge in [-0.25, -0.2) is 0 Å². The van der Waals surface area contributed by atoms with Gasteiger partial charge in [-0.15, -0.1) is 0 Å². The van der Waals surface area contributed by atoms with E-state index in [1.807, 2.05) is 67.6 Å². The van der Waals surface area contributed by atoms with Crippen molar-refractivity contribution in [3.05, 3.63) is 107 Å². The second kappa shape index (κ2) is 11.0. The van der Waals surface area contributed by atoms with Crippen LogP contribution in [-0.4, -0.2) is 34.8 Å². The van der Waals surface area contributed by atoms with Crippen LogP contribution in [0.4, 0.5) is 0 Å². The molecule has 5 nitrogen and oxygen atoms in total. The van der Waals surface area contributed by atoms with Crippen LogP contribution >= 0.6 is 0 Å². The highest BCUT2D eigenvalue weighted by Gasteiger charge is 2.45. The maximum absolute atomic E-state index is 13.4. The summed E-state index contributed by atoms with van der Waals surface area (Å²) < 4.78 is 5.73. The van der Waals surface area contributed by atoms with Crippen molar-refractivity contribution in [2.24, 2.45) is 0 Å². The fourth-order valence-corrected chi connectivity index (χ4v) is 4.63. The summed E-state index contributed by atoms with van der Waals surface area (Å²) in [6.07, 6.45) is 1.46. The first-order valence-electron chi connectivity index (χ1n) is 12.9. The Kier molecular flexibility index (Phi) is 7.82. The summed E-state index contributed by atoms with van der Waals surface area (Å²) in [6, 6.07) is 24.2. The van der Waals surface area contributed by atoms with Gasteiger partial charge in [0.2, 0.25) is 0 Å². The minimum Gasteiger partial charge on any atom is -0.507 e. The van der Waals surface area contributed by atoms with Crippen LogP contribution < -0.4 is 4.74 Å². The van der Waals surface area contributed by atoms with Gasteiger partial charge in [-0.05, 0) is 47.1 Å². The Morgan fingerprint density at radius 2 is 1.65 bits per heavy atom. The number of aliphatic hydroxyl groups excluding tert-OH is 1. The quantitative estimate of drug-likeness (QED) is 0.221. The summed E-state index contributed by atoms with van der Waals surface area (Å²) >= 11 is 0. The third kappa shape index (κ3) is 5.77. The van der Waals surface area contributed by atoms with Crippen LogP contribution in [0.15, 0.2) is 84.4 Å². The molecule has 1 N–H and O–H groups in total. The highest BCUT2D eigenvalue weighted by atomic mass is 16.5. The molecule has 1 aliphatic heterocycles. The minimum atomic E-state index is -0.682. The zero-order valence-electron chi connectivity index (χ0n) is 22.0. The van der Waals surface area contributed by atoms with Gasteiger partial charge in [-0.3, -0.25) is 9.59 Å². The van der Waals surface area contributed by atoms with E-state index >= 15 is 0 Å². The predicted molar refractivity (Wildman–Crippen MR) is 147 cm³/mol. The van der Waals surface area contributed by atoms with Crippen LogP contribution in [0.1, 0.15) is 62.4 Å². The summed E-state index contributed by atoms with van der Waals surface area (Å²) in [6.45, 7) is 9.35. The smallest absolute Gasteiger partial charge is 0.295 e. The molecule has 0 bridgehead atoms. The number of benzene rings is 3. The minimum absolute atomic E-state index is 0.0351. The normalized spacial score (nSPS) is 17.3. The van der Waals surface area contributed by atoms with Crippen molar-refractivity contribution in [2.75, 3.05) is 13.2 Å². The molecule has 0 aliphatic carbocycles. The molecule has 0 aromatic heterocycles. The van der Waals surface area contributed by atoms with Gasteiger partial charge in [0, 0.05) is 12.1 Å². The third-order valence-electron chi connectivity index (χ3n) is 6.70. The van der Waals surface area contributed by atoms with E-state index in [1.165, 1.54) is 0 Å². The molecule has 1 unspecified atom stereocenters. The van der Waals surface area contributed by atoms with Gasteiger partial charge in [-0.2, -0.15) is 0 Å². The molecule has 1 amide bonds. The molecular formula is C32H35NO4. The Bertz CT molecular complexity index is 1290. The Morgan fingerprint density at radius 3 is 2.30 bits per heavy atom. The fourth-order valence-electron chi connectivity index (χ4n) is 4.63. The number of carbonyl (C=O) groups excluding carboxylic acids is 2. The fraction of sp³-hybridized carbons (Fsp3) is 0.312. The van der Waals surface area contributed by atoms with E-state index in [1.54, 1.807) is 23.1 Å². The molecule has 5 heteroatoms. The van der Waals surface area contributed by atoms with Crippen molar-refractivity contribution in [2.45, 2.75) is 52.0 Å². The molecule has 4 rings (SSSR count). The van der Waals surface area contributed by atoms with Crippen molar-refractivity contribution >= 4 is 17.4 Å². The molecule has 3 aromatic carbocycles. The molecule has 1 fully saturated rings. The third-order valence-corrected chi connectivity index (χ3v) is 6.70. The summed E-state index contributed by atoms with van der Waals surface area (Å²) in [7, 11) is 0. The van der Waals surface area contributed by atoms with Crippen LogP contribution in [0.5, 0.6) is 5.75 Å². The van der Waals surface area contributed by atoms with E-state index in [0.717, 1.165) is 23.1 Å². The summed E-state index contributed by atoms with van der Waals surface area (Å²) in [5.74, 6) is -0.848. The first-order valence-corrected chi connectivity index (χ1v) is 12.9. The first kappa shape index (κ1) is 26.2. The Balaban J connectivity index is 1.77. The topological polar surface area (TPSA) is 66.8 Å². The molecule has 1 aliphatic rings. The molecule has 1 heterocycles. The number of ether oxygens (including phenoxy) is 1. The molecule has 37 heavy (non-hydrogen) atoms. The number of nitrogens with zero attached hydrogens (tertiary/aromatic N) is 1. The van der Waals surface area contributed by atoms with Crippen LogP contribution in [0.2, 0.25) is 0 Å². The van der Waals surface area contributed by atoms with Crippen LogP contribution in [0, 0.1) is 0 Å². The van der Waals surface area contributed by atoms with E-state index < -0.39 is 17.7 Å². The van der Waals surface area contributed by atoms with Crippen molar-refractivity contribution in [3.63, 3.8) is 0 Å². The van der Waals surface area contributed by atoms with E-state index in [9.17, 15) is 14.7 Å².